The predicted molar refractivity (Wildman–Crippen MR) is 76.2 cm³/mol. The molecule has 1 amide bonds. The average Bonchev–Trinajstić information content (AvgIpc) is 2.48. The van der Waals surface area contributed by atoms with Gasteiger partial charge in [-0.1, -0.05) is 6.92 Å². The van der Waals surface area contributed by atoms with E-state index in [0.717, 1.165) is 38.5 Å². The van der Waals surface area contributed by atoms with Gasteiger partial charge in [-0.3, -0.25) is 4.79 Å². The molecule has 0 saturated carbocycles. The Labute approximate surface area is 113 Å². The van der Waals surface area contributed by atoms with Crippen LogP contribution < -0.4 is 16.0 Å². The number of carbonyl (C=O) groups is 1. The van der Waals surface area contributed by atoms with Crippen LogP contribution in [-0.2, 0) is 4.79 Å². The maximum atomic E-state index is 11.2. The van der Waals surface area contributed by atoms with Gasteiger partial charge in [0.25, 0.3) is 0 Å². The van der Waals surface area contributed by atoms with Crippen LogP contribution >= 0.6 is 0 Å². The smallest absolute Gasteiger partial charge is 0.238 e. The van der Waals surface area contributed by atoms with Crippen molar-refractivity contribution in [1.29, 1.82) is 0 Å². The van der Waals surface area contributed by atoms with Gasteiger partial charge in [-0.15, -0.1) is 0 Å². The minimum atomic E-state index is -0.203. The molecule has 2 rings (SSSR count). The summed E-state index contributed by atoms with van der Waals surface area (Å²) in [6.07, 6.45) is 1.68. The lowest BCUT2D eigenvalue weighted by atomic mass is 10.3. The Hall–Kier alpha value is -1.66. The zero-order chi connectivity index (χ0) is 13.7. The number of aromatic nitrogens is 1. The van der Waals surface area contributed by atoms with Crippen molar-refractivity contribution in [3.8, 4) is 0 Å². The van der Waals surface area contributed by atoms with E-state index < -0.39 is 0 Å². The van der Waals surface area contributed by atoms with Gasteiger partial charge in [0.2, 0.25) is 5.91 Å². The van der Waals surface area contributed by atoms with Crippen LogP contribution in [0.3, 0.4) is 0 Å². The third kappa shape index (κ3) is 3.65. The lowest BCUT2D eigenvalue weighted by Gasteiger charge is -2.34. The molecule has 2 heterocycles. The largest absolute Gasteiger partial charge is 0.354 e. The van der Waals surface area contributed by atoms with Gasteiger partial charge in [0, 0.05) is 26.2 Å². The van der Waals surface area contributed by atoms with Gasteiger partial charge in [0.1, 0.15) is 5.82 Å². The van der Waals surface area contributed by atoms with E-state index in [1.807, 2.05) is 12.1 Å². The molecule has 0 radical (unpaired) electrons. The van der Waals surface area contributed by atoms with E-state index in [4.69, 9.17) is 5.73 Å². The first-order chi connectivity index (χ1) is 9.22. The van der Waals surface area contributed by atoms with Crippen LogP contribution in [0, 0.1) is 0 Å². The second-order valence-electron chi connectivity index (χ2n) is 4.58. The number of rotatable bonds is 4. The topological polar surface area (TPSA) is 74.5 Å². The number of hydrogen-bond donors (Lipinski definition) is 2. The lowest BCUT2D eigenvalue weighted by molar-refractivity contribution is -0.114. The van der Waals surface area contributed by atoms with E-state index in [-0.39, 0.29) is 12.5 Å². The molecule has 0 spiro atoms. The molecular weight excluding hydrogens is 242 g/mol. The molecule has 1 aliphatic heterocycles. The van der Waals surface area contributed by atoms with E-state index >= 15 is 0 Å². The van der Waals surface area contributed by atoms with Crippen molar-refractivity contribution >= 4 is 17.4 Å². The SMILES string of the molecule is CCN1CCN(c2ccc(NC(=O)CN)cn2)CC1. The van der Waals surface area contributed by atoms with Gasteiger partial charge in [-0.2, -0.15) is 0 Å². The van der Waals surface area contributed by atoms with Gasteiger partial charge in [0.05, 0.1) is 18.4 Å². The van der Waals surface area contributed by atoms with Gasteiger partial charge >= 0.3 is 0 Å². The third-order valence-corrected chi connectivity index (χ3v) is 3.36. The Balaban J connectivity index is 1.93. The molecule has 0 unspecified atom stereocenters. The number of carbonyl (C=O) groups excluding carboxylic acids is 1. The summed E-state index contributed by atoms with van der Waals surface area (Å²) in [5.41, 5.74) is 5.93. The number of likely N-dealkylation sites (N-methyl/N-ethyl adjacent to an activating group) is 1. The van der Waals surface area contributed by atoms with Crippen molar-refractivity contribution in [2.24, 2.45) is 5.73 Å². The van der Waals surface area contributed by atoms with Crippen molar-refractivity contribution < 1.29 is 4.79 Å². The van der Waals surface area contributed by atoms with Crippen molar-refractivity contribution in [3.63, 3.8) is 0 Å². The minimum Gasteiger partial charge on any atom is -0.354 e. The number of nitrogens with one attached hydrogen (secondary N) is 1. The molecular formula is C13H21N5O. The highest BCUT2D eigenvalue weighted by Gasteiger charge is 2.16. The highest BCUT2D eigenvalue weighted by molar-refractivity contribution is 5.91. The van der Waals surface area contributed by atoms with Gasteiger partial charge in [-0.05, 0) is 18.7 Å². The zero-order valence-corrected chi connectivity index (χ0v) is 11.3. The van der Waals surface area contributed by atoms with E-state index in [2.05, 4.69) is 27.0 Å². The molecule has 6 heteroatoms. The Morgan fingerprint density at radius 1 is 1.37 bits per heavy atom. The maximum Gasteiger partial charge on any atom is 0.238 e. The molecule has 1 aromatic rings. The summed E-state index contributed by atoms with van der Waals surface area (Å²) in [5, 5.41) is 2.68. The molecule has 3 N–H and O–H groups in total. The summed E-state index contributed by atoms with van der Waals surface area (Å²) in [4.78, 5) is 20.2. The van der Waals surface area contributed by atoms with E-state index in [1.165, 1.54) is 0 Å². The number of anilines is 2. The molecule has 0 aliphatic carbocycles. The maximum absolute atomic E-state index is 11.2. The minimum absolute atomic E-state index is 0.0132. The summed E-state index contributed by atoms with van der Waals surface area (Å²) in [6.45, 7) is 7.41. The monoisotopic (exact) mass is 263 g/mol. The first-order valence-electron chi connectivity index (χ1n) is 6.66. The third-order valence-electron chi connectivity index (χ3n) is 3.36. The Bertz CT molecular complexity index is 412. The summed E-state index contributed by atoms with van der Waals surface area (Å²) in [6, 6.07) is 3.80. The first kappa shape index (κ1) is 13.8. The zero-order valence-electron chi connectivity index (χ0n) is 11.3. The number of pyridine rings is 1. The second kappa shape index (κ2) is 6.49. The van der Waals surface area contributed by atoms with E-state index in [9.17, 15) is 4.79 Å². The molecule has 19 heavy (non-hydrogen) atoms. The fourth-order valence-electron chi connectivity index (χ4n) is 2.15. The Morgan fingerprint density at radius 2 is 2.11 bits per heavy atom. The molecule has 6 nitrogen and oxygen atoms in total. The number of hydrogen-bond acceptors (Lipinski definition) is 5. The molecule has 1 fully saturated rings. The van der Waals surface area contributed by atoms with Crippen LogP contribution in [0.2, 0.25) is 0 Å². The normalized spacial score (nSPS) is 16.4. The number of nitrogens with zero attached hydrogens (tertiary/aromatic N) is 3. The van der Waals surface area contributed by atoms with Crippen LogP contribution in [0.4, 0.5) is 11.5 Å². The summed E-state index contributed by atoms with van der Waals surface area (Å²) in [5.74, 6) is 0.757. The summed E-state index contributed by atoms with van der Waals surface area (Å²) in [7, 11) is 0. The highest BCUT2D eigenvalue weighted by Crippen LogP contribution is 2.15. The molecule has 104 valence electrons. The van der Waals surface area contributed by atoms with Gasteiger partial charge in [0.15, 0.2) is 0 Å². The summed E-state index contributed by atoms with van der Waals surface area (Å²) < 4.78 is 0. The van der Waals surface area contributed by atoms with E-state index in [1.54, 1.807) is 6.20 Å². The Kier molecular flexibility index (Phi) is 4.70. The van der Waals surface area contributed by atoms with Crippen LogP contribution in [0.25, 0.3) is 0 Å². The molecule has 0 bridgehead atoms. The van der Waals surface area contributed by atoms with Crippen molar-refractivity contribution in [2.45, 2.75) is 6.92 Å². The quantitative estimate of drug-likeness (QED) is 0.807. The van der Waals surface area contributed by atoms with Crippen LogP contribution in [0.1, 0.15) is 6.92 Å². The van der Waals surface area contributed by atoms with Gasteiger partial charge in [-0.25, -0.2) is 4.98 Å². The van der Waals surface area contributed by atoms with Gasteiger partial charge < -0.3 is 20.9 Å². The summed E-state index contributed by atoms with van der Waals surface area (Å²) >= 11 is 0. The number of piperazine rings is 1. The van der Waals surface area contributed by atoms with Crippen molar-refractivity contribution in [3.05, 3.63) is 18.3 Å². The van der Waals surface area contributed by atoms with Crippen molar-refractivity contribution in [1.82, 2.24) is 9.88 Å². The lowest BCUT2D eigenvalue weighted by Crippen LogP contribution is -2.46. The average molecular weight is 263 g/mol. The number of nitrogens with two attached hydrogens (primary N) is 1. The molecule has 1 saturated heterocycles. The fourth-order valence-corrected chi connectivity index (χ4v) is 2.15. The first-order valence-corrected chi connectivity index (χ1v) is 6.66. The second-order valence-corrected chi connectivity index (χ2v) is 4.58. The van der Waals surface area contributed by atoms with Crippen LogP contribution in [-0.4, -0.2) is 55.1 Å². The van der Waals surface area contributed by atoms with Crippen LogP contribution in [0.15, 0.2) is 18.3 Å². The predicted octanol–water partition coefficient (Wildman–Crippen LogP) is 0.121. The van der Waals surface area contributed by atoms with Crippen molar-refractivity contribution in [2.75, 3.05) is 49.5 Å². The van der Waals surface area contributed by atoms with Crippen LogP contribution in [0.5, 0.6) is 0 Å². The fraction of sp³-hybridized carbons (Fsp3) is 0.538. The Morgan fingerprint density at radius 3 is 2.63 bits per heavy atom. The molecule has 1 aromatic heterocycles. The number of amides is 1. The molecule has 0 aromatic carbocycles. The van der Waals surface area contributed by atoms with E-state index in [0.29, 0.717) is 5.69 Å². The molecule has 0 atom stereocenters. The molecule has 1 aliphatic rings. The standard InChI is InChI=1S/C13H21N5O/c1-2-17-5-7-18(8-6-17)12-4-3-11(10-15-12)16-13(19)9-14/h3-4,10H,2,5-9,14H2,1H3,(H,16,19). The highest BCUT2D eigenvalue weighted by atomic mass is 16.1.